The molecule has 14 rings (SSSR count). The summed E-state index contributed by atoms with van der Waals surface area (Å²) in [5, 5.41) is 16.6. The maximum atomic E-state index is 4.97. The van der Waals surface area contributed by atoms with Crippen LogP contribution >= 0.6 is 11.3 Å². The number of nitrogens with zero attached hydrogens (tertiary/aromatic N) is 1. The lowest BCUT2D eigenvalue weighted by Gasteiger charge is -2.30. The molecular weight excluding hydrogens is 827 g/mol. The molecule has 1 heterocycles. The fourth-order valence-corrected chi connectivity index (χ4v) is 12.6. The van der Waals surface area contributed by atoms with Crippen LogP contribution in [0.4, 0.5) is 0 Å². The topological polar surface area (TPSA) is 12.9 Å². The van der Waals surface area contributed by atoms with Gasteiger partial charge in [0.2, 0.25) is 0 Å². The van der Waals surface area contributed by atoms with Crippen LogP contribution in [0.1, 0.15) is 41.0 Å². The van der Waals surface area contributed by atoms with Gasteiger partial charge in [0.05, 0.1) is 10.2 Å². The minimum absolute atomic E-state index is 0.288. The normalized spacial score (nSPS) is 14.6. The van der Waals surface area contributed by atoms with Crippen molar-refractivity contribution in [3.05, 3.63) is 233 Å². The Morgan fingerprint density at radius 2 is 0.970 bits per heavy atom. The third-order valence-corrected chi connectivity index (χ3v) is 15.8. The maximum absolute atomic E-state index is 4.97. The summed E-state index contributed by atoms with van der Waals surface area (Å²) in [6.07, 6.45) is 10.5. The highest BCUT2D eigenvalue weighted by molar-refractivity contribution is 7.21. The van der Waals surface area contributed by atoms with Gasteiger partial charge < -0.3 is 0 Å². The maximum Gasteiger partial charge on any atom is 0.124 e. The Bertz CT molecular complexity index is 4120. The van der Waals surface area contributed by atoms with Gasteiger partial charge in [-0.1, -0.05) is 188 Å². The molecule has 12 aromatic rings. The molecule has 0 bridgehead atoms. The van der Waals surface area contributed by atoms with Crippen LogP contribution in [0.15, 0.2) is 200 Å². The van der Waals surface area contributed by atoms with Crippen LogP contribution in [0.2, 0.25) is 0 Å². The molecule has 0 fully saturated rings. The summed E-state index contributed by atoms with van der Waals surface area (Å²) in [7, 11) is 0. The number of rotatable bonds is 5. The molecule has 0 saturated heterocycles. The number of thiazole rings is 1. The van der Waals surface area contributed by atoms with Crippen molar-refractivity contribution >= 4 is 99.2 Å². The second-order valence-corrected chi connectivity index (χ2v) is 19.4. The Balaban J connectivity index is 0.980. The molecule has 0 saturated carbocycles. The van der Waals surface area contributed by atoms with E-state index in [1.807, 2.05) is 0 Å². The molecule has 67 heavy (non-hydrogen) atoms. The average molecular weight is 870 g/mol. The van der Waals surface area contributed by atoms with E-state index < -0.39 is 0 Å². The standard InChI is InChI=1S/C65H43NS/c1-3-15-42-35-46(29-25-40(42)13-1)62-55-21-9-10-22-56(55)64(48-30-26-41-14-2-4-16-43(41)36-48)58-39-49(33-34-57(58)62)63-53-19-7-5-17-51(53)61(52-18-6-8-20-54(52)63)47-31-27-45-38-50(32-28-44(45)37-47)65-66-59-23-11-12-24-60(59)67-65/h1-28,30-32,35-39,46H,29,33-34H2. The smallest absolute Gasteiger partial charge is 0.124 e. The van der Waals surface area contributed by atoms with E-state index in [4.69, 9.17) is 4.98 Å². The van der Waals surface area contributed by atoms with Gasteiger partial charge in [0.1, 0.15) is 5.01 Å². The Morgan fingerprint density at radius 1 is 0.433 bits per heavy atom. The van der Waals surface area contributed by atoms with Crippen LogP contribution in [-0.2, 0) is 6.42 Å². The molecule has 11 aromatic carbocycles. The van der Waals surface area contributed by atoms with Gasteiger partial charge in [0.25, 0.3) is 0 Å². The van der Waals surface area contributed by atoms with E-state index in [2.05, 4.69) is 218 Å². The largest absolute Gasteiger partial charge is 0.236 e. The minimum Gasteiger partial charge on any atom is -0.236 e. The predicted octanol–water partition coefficient (Wildman–Crippen LogP) is 16.3. The van der Waals surface area contributed by atoms with Gasteiger partial charge >= 0.3 is 0 Å². The SMILES string of the molecule is C1=C(c2c3ccccc3c(-c3ccc4cc(-c5nc6ccccc6s5)ccc4c3)c3ccccc23)CCc2c1c(-c1ccc3ccccc3c1)c1ccccc1c2C1C=c2ccccc2=CC1. The number of fused-ring (bicyclic) bond motifs is 8. The molecule has 1 atom stereocenters. The van der Waals surface area contributed by atoms with Crippen LogP contribution < -0.4 is 10.4 Å². The zero-order valence-electron chi connectivity index (χ0n) is 36.8. The average Bonchev–Trinajstić information content (AvgIpc) is 3.83. The van der Waals surface area contributed by atoms with E-state index in [1.165, 1.54) is 119 Å². The highest BCUT2D eigenvalue weighted by atomic mass is 32.1. The van der Waals surface area contributed by atoms with Crippen LogP contribution in [0.25, 0.3) is 121 Å². The molecule has 1 aromatic heterocycles. The van der Waals surface area contributed by atoms with Crippen molar-refractivity contribution in [3.63, 3.8) is 0 Å². The van der Waals surface area contributed by atoms with E-state index in [0.717, 1.165) is 35.4 Å². The van der Waals surface area contributed by atoms with Gasteiger partial charge in [-0.2, -0.15) is 0 Å². The summed E-state index contributed by atoms with van der Waals surface area (Å²) in [5.41, 5.74) is 14.5. The van der Waals surface area contributed by atoms with Crippen molar-refractivity contribution in [1.29, 1.82) is 0 Å². The first kappa shape index (κ1) is 38.4. The summed E-state index contributed by atoms with van der Waals surface area (Å²) < 4.78 is 1.22. The first-order chi connectivity index (χ1) is 33.2. The van der Waals surface area contributed by atoms with E-state index >= 15 is 0 Å². The van der Waals surface area contributed by atoms with Crippen molar-refractivity contribution in [1.82, 2.24) is 4.98 Å². The molecule has 2 heteroatoms. The van der Waals surface area contributed by atoms with Gasteiger partial charge in [-0.3, -0.25) is 0 Å². The third-order valence-electron chi connectivity index (χ3n) is 14.7. The van der Waals surface area contributed by atoms with Crippen molar-refractivity contribution < 1.29 is 0 Å². The lowest BCUT2D eigenvalue weighted by Crippen LogP contribution is -2.28. The highest BCUT2D eigenvalue weighted by Gasteiger charge is 2.28. The Kier molecular flexibility index (Phi) is 8.79. The summed E-state index contributed by atoms with van der Waals surface area (Å²) in [6, 6.07) is 74.5. The molecule has 0 spiro atoms. The first-order valence-electron chi connectivity index (χ1n) is 23.6. The van der Waals surface area contributed by atoms with Crippen LogP contribution in [0.3, 0.4) is 0 Å². The number of benzene rings is 11. The van der Waals surface area contributed by atoms with Gasteiger partial charge in [0.15, 0.2) is 0 Å². The monoisotopic (exact) mass is 869 g/mol. The highest BCUT2D eigenvalue weighted by Crippen LogP contribution is 2.50. The van der Waals surface area contributed by atoms with Crippen LogP contribution in [0, 0.1) is 0 Å². The summed E-state index contributed by atoms with van der Waals surface area (Å²) in [6.45, 7) is 0. The van der Waals surface area contributed by atoms with E-state index in [9.17, 15) is 0 Å². The number of hydrogen-bond donors (Lipinski definition) is 0. The lowest BCUT2D eigenvalue weighted by molar-refractivity contribution is 0.885. The number of para-hydroxylation sites is 1. The molecule has 314 valence electrons. The zero-order valence-corrected chi connectivity index (χ0v) is 37.7. The summed E-state index contributed by atoms with van der Waals surface area (Å²) in [5.74, 6) is 0.288. The molecule has 0 amide bonds. The second kappa shape index (κ2) is 15.3. The van der Waals surface area contributed by atoms with Gasteiger partial charge in [-0.25, -0.2) is 4.98 Å². The van der Waals surface area contributed by atoms with Gasteiger partial charge in [0, 0.05) is 11.5 Å². The molecule has 0 N–H and O–H groups in total. The van der Waals surface area contributed by atoms with Crippen LogP contribution in [0.5, 0.6) is 0 Å². The number of aromatic nitrogens is 1. The predicted molar refractivity (Wildman–Crippen MR) is 288 cm³/mol. The van der Waals surface area contributed by atoms with E-state index in [0.29, 0.717) is 0 Å². The number of hydrogen-bond acceptors (Lipinski definition) is 2. The molecule has 0 aliphatic heterocycles. The van der Waals surface area contributed by atoms with Gasteiger partial charge in [-0.05, 0) is 164 Å². The fourth-order valence-electron chi connectivity index (χ4n) is 11.7. The number of allylic oxidation sites excluding steroid dienone is 1. The molecular formula is C65H43NS. The summed E-state index contributed by atoms with van der Waals surface area (Å²) >= 11 is 1.76. The van der Waals surface area contributed by atoms with E-state index in [1.54, 1.807) is 11.3 Å². The Labute approximate surface area is 393 Å². The first-order valence-corrected chi connectivity index (χ1v) is 24.4. The molecule has 0 radical (unpaired) electrons. The van der Waals surface area contributed by atoms with E-state index in [-0.39, 0.29) is 5.92 Å². The molecule has 1 unspecified atom stereocenters. The van der Waals surface area contributed by atoms with Crippen molar-refractivity contribution in [2.45, 2.75) is 25.2 Å². The van der Waals surface area contributed by atoms with Crippen molar-refractivity contribution in [3.8, 4) is 32.8 Å². The molecule has 2 aliphatic carbocycles. The minimum atomic E-state index is 0.288. The van der Waals surface area contributed by atoms with Crippen molar-refractivity contribution in [2.75, 3.05) is 0 Å². The fraction of sp³-hybridized carbons (Fsp3) is 0.0615. The molecule has 1 nitrogen and oxygen atoms in total. The zero-order chi connectivity index (χ0) is 44.0. The van der Waals surface area contributed by atoms with Crippen LogP contribution in [-0.4, -0.2) is 4.98 Å². The van der Waals surface area contributed by atoms with Gasteiger partial charge in [-0.15, -0.1) is 11.3 Å². The lowest BCUT2D eigenvalue weighted by atomic mass is 9.74. The second-order valence-electron chi connectivity index (χ2n) is 18.4. The quantitative estimate of drug-likeness (QED) is 0.157. The third kappa shape index (κ3) is 6.24. The molecule has 2 aliphatic rings. The summed E-state index contributed by atoms with van der Waals surface area (Å²) in [4.78, 5) is 4.97. The van der Waals surface area contributed by atoms with Crippen molar-refractivity contribution in [2.24, 2.45) is 0 Å². The Morgan fingerprint density at radius 3 is 1.70 bits per heavy atom. The Hall–Kier alpha value is -7.91.